The molecule has 0 fully saturated rings. The third-order valence-electron chi connectivity index (χ3n) is 3.07. The number of halogens is 1. The summed E-state index contributed by atoms with van der Waals surface area (Å²) in [5, 5.41) is 12.6. The predicted octanol–water partition coefficient (Wildman–Crippen LogP) is 3.57. The number of carbonyl (C=O) groups is 1. The first-order valence-corrected chi connectivity index (χ1v) is 7.17. The first-order valence-electron chi connectivity index (χ1n) is 6.38. The van der Waals surface area contributed by atoms with Crippen LogP contribution in [0.4, 0.5) is 0 Å². The molecule has 0 saturated heterocycles. The van der Waals surface area contributed by atoms with Crippen LogP contribution < -0.4 is 5.32 Å². The van der Waals surface area contributed by atoms with Gasteiger partial charge in [0.05, 0.1) is 12.5 Å². The fraction of sp³-hybridized carbons (Fsp3) is 0.188. The van der Waals surface area contributed by atoms with Crippen molar-refractivity contribution in [1.82, 2.24) is 5.32 Å². The van der Waals surface area contributed by atoms with Gasteiger partial charge in [0, 0.05) is 10.0 Å². The predicted molar refractivity (Wildman–Crippen MR) is 82.5 cm³/mol. The summed E-state index contributed by atoms with van der Waals surface area (Å²) in [6, 6.07) is 14.6. The van der Waals surface area contributed by atoms with Crippen molar-refractivity contribution in [2.75, 3.05) is 0 Å². The van der Waals surface area contributed by atoms with Gasteiger partial charge in [-0.3, -0.25) is 4.79 Å². The van der Waals surface area contributed by atoms with Crippen LogP contribution in [0.25, 0.3) is 0 Å². The highest BCUT2D eigenvalue weighted by Gasteiger charge is 2.11. The van der Waals surface area contributed by atoms with E-state index in [4.69, 9.17) is 0 Å². The first-order chi connectivity index (χ1) is 9.56. The van der Waals surface area contributed by atoms with E-state index in [1.165, 1.54) is 0 Å². The van der Waals surface area contributed by atoms with Crippen LogP contribution in [-0.4, -0.2) is 11.0 Å². The molecule has 0 aromatic heterocycles. The maximum Gasteiger partial charge on any atom is 0.225 e. The second-order valence-electron chi connectivity index (χ2n) is 4.65. The lowest BCUT2D eigenvalue weighted by Crippen LogP contribution is -2.28. The van der Waals surface area contributed by atoms with Gasteiger partial charge in [-0.15, -0.1) is 0 Å². The van der Waals surface area contributed by atoms with Crippen molar-refractivity contribution in [3.05, 3.63) is 64.1 Å². The van der Waals surface area contributed by atoms with Crippen molar-refractivity contribution in [2.45, 2.75) is 19.4 Å². The highest BCUT2D eigenvalue weighted by Crippen LogP contribution is 2.19. The third kappa shape index (κ3) is 3.84. The topological polar surface area (TPSA) is 49.3 Å². The van der Waals surface area contributed by atoms with E-state index in [9.17, 15) is 9.90 Å². The highest BCUT2D eigenvalue weighted by atomic mass is 79.9. The Morgan fingerprint density at radius 3 is 2.70 bits per heavy atom. The summed E-state index contributed by atoms with van der Waals surface area (Å²) in [4.78, 5) is 12.0. The summed E-state index contributed by atoms with van der Waals surface area (Å²) in [7, 11) is 0. The molecule has 2 aromatic carbocycles. The lowest BCUT2D eigenvalue weighted by atomic mass is 10.1. The number of aromatic hydroxyl groups is 1. The molecule has 0 aliphatic heterocycles. The lowest BCUT2D eigenvalue weighted by Gasteiger charge is -2.15. The minimum absolute atomic E-state index is 0.0779. The van der Waals surface area contributed by atoms with Crippen LogP contribution in [0.2, 0.25) is 0 Å². The quantitative estimate of drug-likeness (QED) is 0.898. The van der Waals surface area contributed by atoms with Gasteiger partial charge in [0.2, 0.25) is 5.91 Å². The molecule has 0 radical (unpaired) electrons. The Morgan fingerprint density at radius 1 is 1.25 bits per heavy atom. The number of benzene rings is 2. The Bertz CT molecular complexity index is 613. The number of rotatable bonds is 4. The van der Waals surface area contributed by atoms with Gasteiger partial charge in [0.1, 0.15) is 5.75 Å². The number of hydrogen-bond acceptors (Lipinski definition) is 2. The zero-order valence-corrected chi connectivity index (χ0v) is 12.7. The van der Waals surface area contributed by atoms with Gasteiger partial charge in [-0.1, -0.05) is 46.3 Å². The van der Waals surface area contributed by atoms with Gasteiger partial charge < -0.3 is 10.4 Å². The molecule has 2 rings (SSSR count). The van der Waals surface area contributed by atoms with Crippen LogP contribution >= 0.6 is 15.9 Å². The maximum atomic E-state index is 12.0. The van der Waals surface area contributed by atoms with Crippen molar-refractivity contribution in [3.63, 3.8) is 0 Å². The second kappa shape index (κ2) is 6.57. The fourth-order valence-corrected chi connectivity index (χ4v) is 2.40. The molecule has 1 unspecified atom stereocenters. The maximum absolute atomic E-state index is 12.0. The monoisotopic (exact) mass is 333 g/mol. The second-order valence-corrected chi connectivity index (χ2v) is 5.57. The van der Waals surface area contributed by atoms with Gasteiger partial charge in [0.25, 0.3) is 0 Å². The first kappa shape index (κ1) is 14.6. The number of nitrogens with one attached hydrogen (secondary N) is 1. The fourth-order valence-electron chi connectivity index (χ4n) is 1.99. The molecule has 0 spiro atoms. The van der Waals surface area contributed by atoms with Gasteiger partial charge in [-0.05, 0) is 30.7 Å². The summed E-state index contributed by atoms with van der Waals surface area (Å²) >= 11 is 3.41. The van der Waals surface area contributed by atoms with Crippen LogP contribution in [-0.2, 0) is 11.2 Å². The van der Waals surface area contributed by atoms with Crippen LogP contribution in [0.3, 0.4) is 0 Å². The zero-order chi connectivity index (χ0) is 14.5. The molecule has 0 saturated carbocycles. The van der Waals surface area contributed by atoms with Crippen molar-refractivity contribution < 1.29 is 9.90 Å². The molecule has 3 nitrogen and oxygen atoms in total. The number of carbonyl (C=O) groups excluding carboxylic acids is 1. The summed E-state index contributed by atoms with van der Waals surface area (Å²) in [5.74, 6) is 0.0386. The third-order valence-corrected chi connectivity index (χ3v) is 3.56. The lowest BCUT2D eigenvalue weighted by molar-refractivity contribution is -0.121. The SMILES string of the molecule is CC(NC(=O)Cc1ccccc1O)c1cccc(Br)c1. The van der Waals surface area contributed by atoms with Crippen molar-refractivity contribution >= 4 is 21.8 Å². The van der Waals surface area contributed by atoms with Gasteiger partial charge in [-0.2, -0.15) is 0 Å². The molecule has 1 amide bonds. The van der Waals surface area contributed by atoms with E-state index in [0.29, 0.717) is 5.56 Å². The molecule has 20 heavy (non-hydrogen) atoms. The standard InChI is InChI=1S/C16H16BrNO2/c1-11(12-6-4-7-14(17)9-12)18-16(20)10-13-5-2-3-8-15(13)19/h2-9,11,19H,10H2,1H3,(H,18,20). The Morgan fingerprint density at radius 2 is 2.00 bits per heavy atom. The van der Waals surface area contributed by atoms with Crippen molar-refractivity contribution in [1.29, 1.82) is 0 Å². The largest absolute Gasteiger partial charge is 0.508 e. The molecular formula is C16H16BrNO2. The summed E-state index contributed by atoms with van der Waals surface area (Å²) < 4.78 is 0.983. The van der Waals surface area contributed by atoms with E-state index in [1.54, 1.807) is 24.3 Å². The van der Waals surface area contributed by atoms with Crippen LogP contribution in [0.5, 0.6) is 5.75 Å². The molecule has 4 heteroatoms. The molecule has 2 aromatic rings. The molecule has 0 aliphatic carbocycles. The van der Waals surface area contributed by atoms with Crippen LogP contribution in [0.1, 0.15) is 24.1 Å². The summed E-state index contributed by atoms with van der Waals surface area (Å²) in [5.41, 5.74) is 1.66. The van der Waals surface area contributed by atoms with Crippen molar-refractivity contribution in [2.24, 2.45) is 0 Å². The summed E-state index contributed by atoms with van der Waals surface area (Å²) in [6.45, 7) is 1.94. The Labute approximate surface area is 126 Å². The van der Waals surface area contributed by atoms with Gasteiger partial charge in [-0.25, -0.2) is 0 Å². The average molecular weight is 334 g/mol. The number of amides is 1. The number of hydrogen-bond donors (Lipinski definition) is 2. The Hall–Kier alpha value is -1.81. The average Bonchev–Trinajstić information content (AvgIpc) is 2.41. The minimum atomic E-state index is -0.112. The van der Waals surface area contributed by atoms with E-state index < -0.39 is 0 Å². The Kier molecular flexibility index (Phi) is 4.79. The van der Waals surface area contributed by atoms with E-state index in [1.807, 2.05) is 31.2 Å². The van der Waals surface area contributed by atoms with E-state index >= 15 is 0 Å². The van der Waals surface area contributed by atoms with Crippen LogP contribution in [0.15, 0.2) is 53.0 Å². The number of phenolic OH excluding ortho intramolecular Hbond substituents is 1. The van der Waals surface area contributed by atoms with Crippen molar-refractivity contribution in [3.8, 4) is 5.75 Å². The zero-order valence-electron chi connectivity index (χ0n) is 11.1. The summed E-state index contributed by atoms with van der Waals surface area (Å²) in [6.07, 6.45) is 0.172. The molecule has 0 bridgehead atoms. The van der Waals surface area contributed by atoms with E-state index in [0.717, 1.165) is 10.0 Å². The van der Waals surface area contributed by atoms with Gasteiger partial charge in [0.15, 0.2) is 0 Å². The number of para-hydroxylation sites is 1. The molecule has 0 heterocycles. The molecule has 104 valence electrons. The normalized spacial score (nSPS) is 11.9. The van der Waals surface area contributed by atoms with E-state index in [2.05, 4.69) is 21.2 Å². The molecule has 2 N–H and O–H groups in total. The molecular weight excluding hydrogens is 318 g/mol. The van der Waals surface area contributed by atoms with Gasteiger partial charge >= 0.3 is 0 Å². The van der Waals surface area contributed by atoms with Crippen LogP contribution in [0, 0.1) is 0 Å². The minimum Gasteiger partial charge on any atom is -0.508 e. The molecule has 0 aliphatic rings. The smallest absolute Gasteiger partial charge is 0.225 e. The van der Waals surface area contributed by atoms with E-state index in [-0.39, 0.29) is 24.1 Å². The Balaban J connectivity index is 2.00. The highest BCUT2D eigenvalue weighted by molar-refractivity contribution is 9.10. The number of phenols is 1. The molecule has 1 atom stereocenters.